The van der Waals surface area contributed by atoms with E-state index >= 15 is 0 Å². The molecule has 0 saturated heterocycles. The number of allylic oxidation sites excluding steroid dienone is 1. The van der Waals surface area contributed by atoms with E-state index in [0.29, 0.717) is 23.9 Å². The average Bonchev–Trinajstić information content (AvgIpc) is 3.36. The first-order valence-corrected chi connectivity index (χ1v) is 34.0. The Labute approximate surface area is 461 Å². The highest BCUT2D eigenvalue weighted by molar-refractivity contribution is 7.47. The van der Waals surface area contributed by atoms with Crippen molar-refractivity contribution in [2.24, 2.45) is 0 Å². The van der Waals surface area contributed by atoms with Gasteiger partial charge in [0.25, 0.3) is 0 Å². The third-order valence-corrected chi connectivity index (χ3v) is 16.0. The molecule has 0 spiro atoms. The molecule has 0 aromatic heterocycles. The van der Waals surface area contributed by atoms with Crippen LogP contribution in [0.3, 0.4) is 0 Å². The lowest BCUT2D eigenvalue weighted by atomic mass is 10.0. The van der Waals surface area contributed by atoms with Gasteiger partial charge in [-0.3, -0.25) is 18.6 Å². The molecule has 0 rings (SSSR count). The van der Waals surface area contributed by atoms with Crippen LogP contribution in [-0.4, -0.2) is 74.3 Å². The summed E-state index contributed by atoms with van der Waals surface area (Å²) in [6, 6.07) is -0.839. The molecular formula is C64H128N2O7P+. The number of carbonyl (C=O) groups excluding carboxylic acids is 2. The van der Waals surface area contributed by atoms with Crippen LogP contribution in [0, 0.1) is 0 Å². The highest BCUT2D eigenvalue weighted by atomic mass is 31.2. The van der Waals surface area contributed by atoms with Crippen LogP contribution in [0.4, 0.5) is 0 Å². The van der Waals surface area contributed by atoms with Crippen LogP contribution in [0.1, 0.15) is 335 Å². The molecule has 1 amide bonds. The summed E-state index contributed by atoms with van der Waals surface area (Å²) >= 11 is 0. The maximum Gasteiger partial charge on any atom is 0.472 e. The van der Waals surface area contributed by atoms with Gasteiger partial charge in [-0.05, 0) is 31.8 Å². The first-order valence-electron chi connectivity index (χ1n) is 32.5. The molecule has 440 valence electrons. The number of likely N-dealkylation sites (N-methyl/N-ethyl adjacent to an activating group) is 1. The van der Waals surface area contributed by atoms with Crippen molar-refractivity contribution in [3.63, 3.8) is 0 Å². The molecule has 0 aromatic carbocycles. The normalized spacial score (nSPS) is 13.7. The zero-order valence-corrected chi connectivity index (χ0v) is 51.3. The molecule has 0 aromatic rings. The fourth-order valence-corrected chi connectivity index (χ4v) is 10.7. The molecule has 2 N–H and O–H groups in total. The van der Waals surface area contributed by atoms with E-state index in [9.17, 15) is 19.0 Å². The van der Waals surface area contributed by atoms with Crippen molar-refractivity contribution in [3.05, 3.63) is 12.2 Å². The minimum absolute atomic E-state index is 0.0457. The maximum atomic E-state index is 13.5. The van der Waals surface area contributed by atoms with E-state index in [1.807, 2.05) is 33.3 Å². The van der Waals surface area contributed by atoms with Gasteiger partial charge in [0.15, 0.2) is 0 Å². The first kappa shape index (κ1) is 72.8. The summed E-state index contributed by atoms with van der Waals surface area (Å²) in [6.07, 6.45) is 63.7. The molecule has 10 heteroatoms. The summed E-state index contributed by atoms with van der Waals surface area (Å²) in [6.45, 7) is 7.06. The number of amides is 1. The van der Waals surface area contributed by atoms with Gasteiger partial charge in [-0.15, -0.1) is 0 Å². The van der Waals surface area contributed by atoms with Crippen LogP contribution in [0.2, 0.25) is 0 Å². The van der Waals surface area contributed by atoms with Gasteiger partial charge in [-0.2, -0.15) is 0 Å². The standard InChI is InChI=1S/C64H127N2O7P/c1-7-10-13-16-19-22-25-27-28-29-30-31-32-33-34-35-36-37-38-39-42-44-47-50-53-56-63(67)65-61(60-72-74(69,70)71-59-58-66(4,5)6)62(55-52-49-46-43-41-26-23-20-17-14-11-8-2)73-64(68)57-54-51-48-45-40-24-21-18-15-12-9-3/h52,55,61-62H,7-51,53-54,56-60H2,1-6H3,(H-,65,67,69,70)/p+1/b55-52-. The van der Waals surface area contributed by atoms with Gasteiger partial charge in [0, 0.05) is 12.8 Å². The molecule has 0 aliphatic rings. The number of rotatable bonds is 60. The number of phosphoric acid groups is 1. The fraction of sp³-hybridized carbons (Fsp3) is 0.938. The lowest BCUT2D eigenvalue weighted by Gasteiger charge is -2.27. The third-order valence-electron chi connectivity index (χ3n) is 15.0. The lowest BCUT2D eigenvalue weighted by molar-refractivity contribution is -0.870. The molecule has 74 heavy (non-hydrogen) atoms. The van der Waals surface area contributed by atoms with Gasteiger partial charge < -0.3 is 19.4 Å². The Kier molecular flexibility index (Phi) is 54.1. The smallest absolute Gasteiger partial charge is 0.456 e. The van der Waals surface area contributed by atoms with E-state index in [4.69, 9.17) is 13.8 Å². The monoisotopic (exact) mass is 1070 g/mol. The Bertz CT molecular complexity index is 1270. The van der Waals surface area contributed by atoms with E-state index < -0.39 is 20.0 Å². The molecule has 0 fully saturated rings. The molecule has 0 saturated carbocycles. The van der Waals surface area contributed by atoms with Crippen LogP contribution in [-0.2, 0) is 27.9 Å². The van der Waals surface area contributed by atoms with Gasteiger partial charge in [0.05, 0.1) is 33.8 Å². The van der Waals surface area contributed by atoms with Crippen molar-refractivity contribution in [2.75, 3.05) is 40.9 Å². The van der Waals surface area contributed by atoms with Gasteiger partial charge in [0.1, 0.15) is 19.3 Å². The quantitative estimate of drug-likeness (QED) is 0.0205. The number of ether oxygens (including phenoxy) is 1. The van der Waals surface area contributed by atoms with Crippen molar-refractivity contribution in [1.82, 2.24) is 5.32 Å². The number of esters is 1. The molecule has 3 unspecified atom stereocenters. The number of phosphoric ester groups is 1. The van der Waals surface area contributed by atoms with E-state index in [2.05, 4.69) is 26.1 Å². The van der Waals surface area contributed by atoms with Gasteiger partial charge in [-0.25, -0.2) is 4.57 Å². The summed E-state index contributed by atoms with van der Waals surface area (Å²) in [5.74, 6) is -0.485. The van der Waals surface area contributed by atoms with Crippen molar-refractivity contribution >= 4 is 19.7 Å². The molecule has 0 heterocycles. The van der Waals surface area contributed by atoms with Crippen molar-refractivity contribution in [1.29, 1.82) is 0 Å². The highest BCUT2D eigenvalue weighted by Gasteiger charge is 2.30. The molecule has 3 atom stereocenters. The molecule has 0 bridgehead atoms. The molecule has 0 radical (unpaired) electrons. The van der Waals surface area contributed by atoms with E-state index in [-0.39, 0.29) is 25.1 Å². The van der Waals surface area contributed by atoms with E-state index in [1.165, 1.54) is 244 Å². The largest absolute Gasteiger partial charge is 0.472 e. The van der Waals surface area contributed by atoms with Crippen LogP contribution < -0.4 is 5.32 Å². The van der Waals surface area contributed by atoms with Crippen LogP contribution in [0.5, 0.6) is 0 Å². The van der Waals surface area contributed by atoms with Gasteiger partial charge >= 0.3 is 13.8 Å². The number of hydrogen-bond donors (Lipinski definition) is 2. The summed E-state index contributed by atoms with van der Waals surface area (Å²) in [7, 11) is 1.52. The maximum absolute atomic E-state index is 13.5. The van der Waals surface area contributed by atoms with Crippen molar-refractivity contribution in [3.8, 4) is 0 Å². The Balaban J connectivity index is 4.97. The van der Waals surface area contributed by atoms with E-state index in [1.54, 1.807) is 0 Å². The number of hydrogen-bond acceptors (Lipinski definition) is 6. The molecule has 0 aliphatic carbocycles. The second-order valence-corrected chi connectivity index (χ2v) is 25.1. The second kappa shape index (κ2) is 55.1. The predicted molar refractivity (Wildman–Crippen MR) is 319 cm³/mol. The minimum atomic E-state index is -4.44. The topological polar surface area (TPSA) is 111 Å². The zero-order chi connectivity index (χ0) is 54.3. The number of unbranched alkanes of at least 4 members (excludes halogenated alkanes) is 44. The van der Waals surface area contributed by atoms with Crippen LogP contribution >= 0.6 is 7.82 Å². The van der Waals surface area contributed by atoms with E-state index in [0.717, 1.165) is 57.8 Å². The highest BCUT2D eigenvalue weighted by Crippen LogP contribution is 2.43. The van der Waals surface area contributed by atoms with Crippen molar-refractivity contribution < 1.29 is 37.3 Å². The third kappa shape index (κ3) is 55.5. The number of carbonyl (C=O) groups is 2. The Morgan fingerprint density at radius 2 is 0.770 bits per heavy atom. The predicted octanol–water partition coefficient (Wildman–Crippen LogP) is 20.0. The van der Waals surface area contributed by atoms with Gasteiger partial charge in [0.2, 0.25) is 5.91 Å². The summed E-state index contributed by atoms with van der Waals surface area (Å²) in [5, 5.41) is 3.07. The SMILES string of the molecule is CCCCCCCCCCCC/C=C\C(OC(=O)CCCCCCCCCCCCC)C(COP(=O)(O)OCC[N+](C)(C)C)NC(=O)CCCCCCCCCCCCCCCCCCCCCCCCCCC. The first-order chi connectivity index (χ1) is 35.9. The molecular weight excluding hydrogens is 940 g/mol. The summed E-state index contributed by atoms with van der Waals surface area (Å²) in [5.41, 5.74) is 0. The molecule has 0 aliphatic heterocycles. The Hall–Kier alpha value is -1.25. The minimum Gasteiger partial charge on any atom is -0.456 e. The summed E-state index contributed by atoms with van der Waals surface area (Å²) in [4.78, 5) is 37.6. The second-order valence-electron chi connectivity index (χ2n) is 23.7. The van der Waals surface area contributed by atoms with Crippen molar-refractivity contribution in [2.45, 2.75) is 348 Å². The number of quaternary nitrogens is 1. The van der Waals surface area contributed by atoms with Gasteiger partial charge in [-0.1, -0.05) is 303 Å². The van der Waals surface area contributed by atoms with Crippen LogP contribution in [0.15, 0.2) is 12.2 Å². The zero-order valence-electron chi connectivity index (χ0n) is 50.4. The Morgan fingerprint density at radius 3 is 1.11 bits per heavy atom. The fourth-order valence-electron chi connectivity index (χ4n) is 9.94. The van der Waals surface area contributed by atoms with Crippen LogP contribution in [0.25, 0.3) is 0 Å². The lowest BCUT2D eigenvalue weighted by Crippen LogP contribution is -2.47. The average molecular weight is 1070 g/mol. The number of nitrogens with zero attached hydrogens (tertiary/aromatic N) is 1. The Morgan fingerprint density at radius 1 is 0.459 bits per heavy atom. The summed E-state index contributed by atoms with van der Waals surface area (Å²) < 4.78 is 30.7. The number of nitrogens with one attached hydrogen (secondary N) is 1. The molecule has 9 nitrogen and oxygen atoms in total.